The maximum atomic E-state index is 12.1. The van der Waals surface area contributed by atoms with Crippen LogP contribution >= 0.6 is 11.3 Å². The molecule has 0 N–H and O–H groups in total. The number of hydrogen-bond donors (Lipinski definition) is 0. The Morgan fingerprint density at radius 2 is 1.92 bits per heavy atom. The molecule has 0 aliphatic carbocycles. The molecule has 1 saturated heterocycles. The van der Waals surface area contributed by atoms with E-state index in [2.05, 4.69) is 4.98 Å². The molecule has 0 atom stereocenters. The number of carbonyl (C=O) groups is 2. The second kappa shape index (κ2) is 7.76. The molecule has 132 valence electrons. The molecule has 25 heavy (non-hydrogen) atoms. The topological polar surface area (TPSA) is 68.7 Å². The van der Waals surface area contributed by atoms with Gasteiger partial charge in [-0.05, 0) is 31.2 Å². The van der Waals surface area contributed by atoms with Crippen LogP contribution in [0, 0.1) is 6.92 Å². The van der Waals surface area contributed by atoms with E-state index in [0.29, 0.717) is 36.9 Å². The first-order chi connectivity index (χ1) is 12.0. The van der Waals surface area contributed by atoms with Crippen molar-refractivity contribution in [3.8, 4) is 16.3 Å². The van der Waals surface area contributed by atoms with Crippen LogP contribution in [0.1, 0.15) is 22.3 Å². The second-order valence-corrected chi connectivity index (χ2v) is 6.80. The predicted molar refractivity (Wildman–Crippen MR) is 95.2 cm³/mol. The van der Waals surface area contributed by atoms with Crippen molar-refractivity contribution in [2.24, 2.45) is 0 Å². The third kappa shape index (κ3) is 4.24. The number of carbonyl (C=O) groups excluding carboxylic acids is 2. The van der Waals surface area contributed by atoms with Gasteiger partial charge in [0.2, 0.25) is 0 Å². The van der Waals surface area contributed by atoms with Gasteiger partial charge in [0.05, 0.1) is 23.8 Å². The van der Waals surface area contributed by atoms with E-state index in [1.807, 2.05) is 31.2 Å². The van der Waals surface area contributed by atoms with Crippen molar-refractivity contribution >= 4 is 23.0 Å². The minimum absolute atomic E-state index is 0.0180. The largest absolute Gasteiger partial charge is 0.484 e. The highest BCUT2D eigenvalue weighted by atomic mass is 32.1. The van der Waals surface area contributed by atoms with Gasteiger partial charge in [-0.15, -0.1) is 11.3 Å². The monoisotopic (exact) mass is 360 g/mol. The van der Waals surface area contributed by atoms with Crippen molar-refractivity contribution in [3.63, 3.8) is 0 Å². The second-order valence-electron chi connectivity index (χ2n) is 5.80. The van der Waals surface area contributed by atoms with E-state index in [-0.39, 0.29) is 18.3 Å². The molecule has 1 aromatic carbocycles. The fraction of sp³-hybridized carbons (Fsp3) is 0.389. The standard InChI is InChI=1S/C18H20N2O4S/c1-12-17(13(2)21)25-18(19-12)14-3-5-15(6-4-14)24-11-16(22)20-7-9-23-10-8-20/h3-6H,7-11H2,1-2H3. The Balaban J connectivity index is 1.61. The summed E-state index contributed by atoms with van der Waals surface area (Å²) in [6, 6.07) is 7.39. The highest BCUT2D eigenvalue weighted by Gasteiger charge is 2.17. The Morgan fingerprint density at radius 1 is 1.24 bits per heavy atom. The first kappa shape index (κ1) is 17.6. The van der Waals surface area contributed by atoms with E-state index in [0.717, 1.165) is 16.3 Å². The molecular formula is C18H20N2O4S. The lowest BCUT2D eigenvalue weighted by atomic mass is 10.2. The highest BCUT2D eigenvalue weighted by molar-refractivity contribution is 7.17. The van der Waals surface area contributed by atoms with Gasteiger partial charge in [-0.3, -0.25) is 9.59 Å². The average molecular weight is 360 g/mol. The zero-order valence-electron chi connectivity index (χ0n) is 14.3. The number of morpholine rings is 1. The summed E-state index contributed by atoms with van der Waals surface area (Å²) >= 11 is 1.39. The van der Waals surface area contributed by atoms with Crippen molar-refractivity contribution in [1.29, 1.82) is 0 Å². The van der Waals surface area contributed by atoms with Crippen molar-refractivity contribution < 1.29 is 19.1 Å². The third-order valence-electron chi connectivity index (χ3n) is 3.94. The molecule has 2 aromatic rings. The number of amides is 1. The van der Waals surface area contributed by atoms with E-state index in [4.69, 9.17) is 9.47 Å². The summed E-state index contributed by atoms with van der Waals surface area (Å²) in [5.41, 5.74) is 1.68. The Kier molecular flexibility index (Phi) is 5.45. The van der Waals surface area contributed by atoms with Gasteiger partial charge in [-0.25, -0.2) is 4.98 Å². The zero-order chi connectivity index (χ0) is 17.8. The van der Waals surface area contributed by atoms with Crippen LogP contribution in [0.4, 0.5) is 0 Å². The Hall–Kier alpha value is -2.25. The number of benzene rings is 1. The smallest absolute Gasteiger partial charge is 0.260 e. The Bertz CT molecular complexity index is 764. The van der Waals surface area contributed by atoms with E-state index in [1.165, 1.54) is 11.3 Å². The molecule has 0 spiro atoms. The molecule has 2 heterocycles. The molecule has 3 rings (SSSR count). The quantitative estimate of drug-likeness (QED) is 0.767. The van der Waals surface area contributed by atoms with Crippen LogP contribution in [0.3, 0.4) is 0 Å². The lowest BCUT2D eigenvalue weighted by Crippen LogP contribution is -2.42. The third-order valence-corrected chi connectivity index (χ3v) is 5.25. The minimum Gasteiger partial charge on any atom is -0.484 e. The summed E-state index contributed by atoms with van der Waals surface area (Å²) in [6.07, 6.45) is 0. The van der Waals surface area contributed by atoms with Crippen LogP contribution in [-0.2, 0) is 9.53 Å². The number of hydrogen-bond acceptors (Lipinski definition) is 6. The van der Waals surface area contributed by atoms with Gasteiger partial charge in [-0.1, -0.05) is 0 Å². The molecular weight excluding hydrogens is 340 g/mol. The summed E-state index contributed by atoms with van der Waals surface area (Å²) in [4.78, 5) is 30.5. The number of rotatable bonds is 5. The normalized spacial score (nSPS) is 14.4. The minimum atomic E-state index is -0.0333. The number of nitrogens with zero attached hydrogens (tertiary/aromatic N) is 2. The number of ketones is 1. The Morgan fingerprint density at radius 3 is 2.52 bits per heavy atom. The average Bonchev–Trinajstić information content (AvgIpc) is 3.03. The SMILES string of the molecule is CC(=O)c1sc(-c2ccc(OCC(=O)N3CCOCC3)cc2)nc1C. The number of thiazole rings is 1. The van der Waals surface area contributed by atoms with Crippen LogP contribution in [0.5, 0.6) is 5.75 Å². The van der Waals surface area contributed by atoms with Crippen molar-refractivity contribution in [3.05, 3.63) is 34.8 Å². The van der Waals surface area contributed by atoms with Crippen molar-refractivity contribution in [1.82, 2.24) is 9.88 Å². The lowest BCUT2D eigenvalue weighted by molar-refractivity contribution is -0.137. The van der Waals surface area contributed by atoms with Gasteiger partial charge >= 0.3 is 0 Å². The highest BCUT2D eigenvalue weighted by Crippen LogP contribution is 2.29. The molecule has 0 saturated carbocycles. The molecule has 0 bridgehead atoms. The van der Waals surface area contributed by atoms with Crippen LogP contribution in [0.2, 0.25) is 0 Å². The maximum absolute atomic E-state index is 12.1. The summed E-state index contributed by atoms with van der Waals surface area (Å²) < 4.78 is 10.8. The predicted octanol–water partition coefficient (Wildman–Crippen LogP) is 2.56. The summed E-state index contributed by atoms with van der Waals surface area (Å²) in [6.45, 7) is 5.79. The summed E-state index contributed by atoms with van der Waals surface area (Å²) in [7, 11) is 0. The number of ether oxygens (including phenoxy) is 2. The Labute approximate surface area is 150 Å². The summed E-state index contributed by atoms with van der Waals surface area (Å²) in [5.74, 6) is 0.627. The molecule has 1 aliphatic rings. The molecule has 1 aromatic heterocycles. The van der Waals surface area contributed by atoms with E-state index in [9.17, 15) is 9.59 Å². The van der Waals surface area contributed by atoms with Crippen molar-refractivity contribution in [2.45, 2.75) is 13.8 Å². The molecule has 1 amide bonds. The number of aromatic nitrogens is 1. The molecule has 7 heteroatoms. The number of Topliss-reactive ketones (excluding diaryl/α,β-unsaturated/α-hetero) is 1. The van der Waals surface area contributed by atoms with Crippen LogP contribution < -0.4 is 4.74 Å². The zero-order valence-corrected chi connectivity index (χ0v) is 15.1. The fourth-order valence-electron chi connectivity index (χ4n) is 2.59. The number of aryl methyl sites for hydroxylation is 1. The van der Waals surface area contributed by atoms with E-state index >= 15 is 0 Å². The molecule has 0 radical (unpaired) electrons. The van der Waals surface area contributed by atoms with Crippen LogP contribution in [-0.4, -0.2) is 54.5 Å². The first-order valence-electron chi connectivity index (χ1n) is 8.11. The van der Waals surface area contributed by atoms with Gasteiger partial charge in [0, 0.05) is 25.6 Å². The first-order valence-corrected chi connectivity index (χ1v) is 8.93. The fourth-order valence-corrected chi connectivity index (χ4v) is 3.56. The van der Waals surface area contributed by atoms with Gasteiger partial charge in [-0.2, -0.15) is 0 Å². The molecule has 0 unspecified atom stereocenters. The summed E-state index contributed by atoms with van der Waals surface area (Å²) in [5, 5.41) is 0.804. The van der Waals surface area contributed by atoms with Gasteiger partial charge in [0.25, 0.3) is 5.91 Å². The van der Waals surface area contributed by atoms with Crippen LogP contribution in [0.15, 0.2) is 24.3 Å². The maximum Gasteiger partial charge on any atom is 0.260 e. The van der Waals surface area contributed by atoms with E-state index in [1.54, 1.807) is 11.8 Å². The van der Waals surface area contributed by atoms with Crippen LogP contribution in [0.25, 0.3) is 10.6 Å². The molecule has 6 nitrogen and oxygen atoms in total. The van der Waals surface area contributed by atoms with Crippen molar-refractivity contribution in [2.75, 3.05) is 32.9 Å². The molecule has 1 fully saturated rings. The lowest BCUT2D eigenvalue weighted by Gasteiger charge is -2.26. The van der Waals surface area contributed by atoms with Gasteiger partial charge in [0.1, 0.15) is 10.8 Å². The van der Waals surface area contributed by atoms with Gasteiger partial charge < -0.3 is 14.4 Å². The van der Waals surface area contributed by atoms with Gasteiger partial charge in [0.15, 0.2) is 12.4 Å². The molecule has 1 aliphatic heterocycles. The van der Waals surface area contributed by atoms with E-state index < -0.39 is 0 Å².